The van der Waals surface area contributed by atoms with Gasteiger partial charge >= 0.3 is 0 Å². The Balaban J connectivity index is 2.16. The molecule has 1 aromatic heterocycles. The van der Waals surface area contributed by atoms with Crippen LogP contribution in [0.4, 0.5) is 0 Å². The van der Waals surface area contributed by atoms with E-state index in [-0.39, 0.29) is 6.61 Å². The van der Waals surface area contributed by atoms with Crippen molar-refractivity contribution in [2.75, 3.05) is 21.3 Å². The van der Waals surface area contributed by atoms with Crippen LogP contribution in [0.2, 0.25) is 0 Å². The van der Waals surface area contributed by atoms with Crippen LogP contribution in [-0.2, 0) is 6.61 Å². The van der Waals surface area contributed by atoms with Gasteiger partial charge in [0.2, 0.25) is 0 Å². The van der Waals surface area contributed by atoms with Crippen LogP contribution in [0.25, 0.3) is 0 Å². The topological polar surface area (TPSA) is 49.8 Å². The fraction of sp³-hybridized carbons (Fsp3) is 0.267. The highest BCUT2D eigenvalue weighted by Crippen LogP contribution is 2.32. The fourth-order valence-corrected chi connectivity index (χ4v) is 2.30. The van der Waals surface area contributed by atoms with Gasteiger partial charge in [-0.05, 0) is 34.1 Å². The summed E-state index contributed by atoms with van der Waals surface area (Å²) in [7, 11) is 4.78. The number of nitrogens with zero attached hydrogens (tertiary/aromatic N) is 1. The van der Waals surface area contributed by atoms with Gasteiger partial charge in [-0.2, -0.15) is 0 Å². The Morgan fingerprint density at radius 1 is 1.00 bits per heavy atom. The number of halogens is 1. The first-order valence-electron chi connectivity index (χ1n) is 6.21. The highest BCUT2D eigenvalue weighted by Gasteiger charge is 2.12. The quantitative estimate of drug-likeness (QED) is 0.795. The van der Waals surface area contributed by atoms with E-state index in [1.165, 1.54) is 0 Å². The predicted octanol–water partition coefficient (Wildman–Crippen LogP) is 3.45. The second kappa shape index (κ2) is 7.17. The average molecular weight is 354 g/mol. The maximum atomic E-state index is 5.76. The third kappa shape index (κ3) is 3.58. The molecule has 0 N–H and O–H groups in total. The molecule has 1 aromatic carbocycles. The highest BCUT2D eigenvalue weighted by atomic mass is 79.9. The van der Waals surface area contributed by atoms with Crippen LogP contribution >= 0.6 is 15.9 Å². The largest absolute Gasteiger partial charge is 0.497 e. The maximum Gasteiger partial charge on any atom is 0.185 e. The number of aromatic nitrogens is 1. The fourth-order valence-electron chi connectivity index (χ4n) is 1.83. The van der Waals surface area contributed by atoms with Crippen molar-refractivity contribution in [3.8, 4) is 23.0 Å². The zero-order valence-electron chi connectivity index (χ0n) is 12.1. The van der Waals surface area contributed by atoms with E-state index >= 15 is 0 Å². The van der Waals surface area contributed by atoms with Gasteiger partial charge < -0.3 is 18.9 Å². The molecule has 0 spiro atoms. The van der Waals surface area contributed by atoms with Gasteiger partial charge in [0.05, 0.1) is 25.8 Å². The van der Waals surface area contributed by atoms with Crippen molar-refractivity contribution in [1.29, 1.82) is 0 Å². The van der Waals surface area contributed by atoms with Gasteiger partial charge in [0.25, 0.3) is 0 Å². The Kier molecular flexibility index (Phi) is 5.27. The van der Waals surface area contributed by atoms with Crippen molar-refractivity contribution in [2.45, 2.75) is 6.61 Å². The SMILES string of the molecule is COc1ccc(OCc2nccc(OC)c2OC)c(Br)c1. The molecule has 0 saturated heterocycles. The Morgan fingerprint density at radius 2 is 1.81 bits per heavy atom. The van der Waals surface area contributed by atoms with Gasteiger partial charge in [-0.15, -0.1) is 0 Å². The lowest BCUT2D eigenvalue weighted by Crippen LogP contribution is -2.03. The van der Waals surface area contributed by atoms with Crippen LogP contribution < -0.4 is 18.9 Å². The van der Waals surface area contributed by atoms with Gasteiger partial charge in [-0.25, -0.2) is 0 Å². The molecular formula is C15H16BrNO4. The molecule has 21 heavy (non-hydrogen) atoms. The molecule has 0 saturated carbocycles. The number of hydrogen-bond acceptors (Lipinski definition) is 5. The second-order valence-corrected chi connectivity index (χ2v) is 4.93. The third-order valence-corrected chi connectivity index (χ3v) is 3.49. The van der Waals surface area contributed by atoms with Crippen LogP contribution in [0.15, 0.2) is 34.9 Å². The predicted molar refractivity (Wildman–Crippen MR) is 82.4 cm³/mol. The van der Waals surface area contributed by atoms with Crippen LogP contribution in [0.5, 0.6) is 23.0 Å². The first-order valence-corrected chi connectivity index (χ1v) is 7.01. The average Bonchev–Trinajstić information content (AvgIpc) is 2.52. The normalized spacial score (nSPS) is 10.1. The monoisotopic (exact) mass is 353 g/mol. The summed E-state index contributed by atoms with van der Waals surface area (Å²) in [5.74, 6) is 2.65. The molecule has 0 amide bonds. The van der Waals surface area contributed by atoms with E-state index in [0.717, 1.165) is 10.2 Å². The number of hydrogen-bond donors (Lipinski definition) is 0. The lowest BCUT2D eigenvalue weighted by Gasteiger charge is -2.13. The van der Waals surface area contributed by atoms with E-state index < -0.39 is 0 Å². The number of pyridine rings is 1. The molecule has 0 aliphatic heterocycles. The van der Waals surface area contributed by atoms with Crippen molar-refractivity contribution in [2.24, 2.45) is 0 Å². The summed E-state index contributed by atoms with van der Waals surface area (Å²) in [5.41, 5.74) is 0.666. The molecule has 2 rings (SSSR count). The van der Waals surface area contributed by atoms with Gasteiger partial charge in [0, 0.05) is 12.3 Å². The van der Waals surface area contributed by atoms with Gasteiger partial charge in [-0.1, -0.05) is 0 Å². The minimum absolute atomic E-state index is 0.269. The van der Waals surface area contributed by atoms with Gasteiger partial charge in [-0.3, -0.25) is 4.98 Å². The van der Waals surface area contributed by atoms with E-state index in [1.807, 2.05) is 18.2 Å². The molecule has 6 heteroatoms. The first-order chi connectivity index (χ1) is 10.2. The summed E-state index contributed by atoms with van der Waals surface area (Å²) in [6.45, 7) is 0.269. The minimum Gasteiger partial charge on any atom is -0.497 e. The molecule has 0 radical (unpaired) electrons. The molecule has 112 valence electrons. The number of rotatable bonds is 6. The standard InChI is InChI=1S/C15H16BrNO4/c1-18-10-4-5-13(11(16)8-10)21-9-12-15(20-3)14(19-2)6-7-17-12/h4-8H,9H2,1-3H3. The number of methoxy groups -OCH3 is 3. The van der Waals surface area contributed by atoms with Crippen LogP contribution in [0.3, 0.4) is 0 Å². The van der Waals surface area contributed by atoms with E-state index in [4.69, 9.17) is 18.9 Å². The summed E-state index contributed by atoms with van der Waals surface area (Å²) >= 11 is 3.44. The molecule has 0 bridgehead atoms. The van der Waals surface area contributed by atoms with Crippen molar-refractivity contribution < 1.29 is 18.9 Å². The zero-order valence-corrected chi connectivity index (χ0v) is 13.6. The summed E-state index contributed by atoms with van der Waals surface area (Å²) < 4.78 is 22.3. The molecule has 0 atom stereocenters. The van der Waals surface area contributed by atoms with E-state index in [9.17, 15) is 0 Å². The van der Waals surface area contributed by atoms with Crippen molar-refractivity contribution >= 4 is 15.9 Å². The maximum absolute atomic E-state index is 5.76. The first kappa shape index (κ1) is 15.4. The minimum atomic E-state index is 0.269. The van der Waals surface area contributed by atoms with E-state index in [1.54, 1.807) is 33.6 Å². The molecule has 5 nitrogen and oxygen atoms in total. The Morgan fingerprint density at radius 3 is 2.43 bits per heavy atom. The van der Waals surface area contributed by atoms with Crippen molar-refractivity contribution in [3.63, 3.8) is 0 Å². The second-order valence-electron chi connectivity index (χ2n) is 4.08. The Bertz CT molecular complexity index is 619. The van der Waals surface area contributed by atoms with Crippen molar-refractivity contribution in [1.82, 2.24) is 4.98 Å². The van der Waals surface area contributed by atoms with Gasteiger partial charge in [0.1, 0.15) is 23.8 Å². The highest BCUT2D eigenvalue weighted by molar-refractivity contribution is 9.10. The zero-order chi connectivity index (χ0) is 15.2. The Labute approximate surface area is 131 Å². The summed E-state index contributed by atoms with van der Waals surface area (Å²) in [6.07, 6.45) is 1.66. The molecule has 0 aliphatic carbocycles. The lowest BCUT2D eigenvalue weighted by molar-refractivity contribution is 0.283. The molecular weight excluding hydrogens is 338 g/mol. The van der Waals surface area contributed by atoms with Crippen molar-refractivity contribution in [3.05, 3.63) is 40.6 Å². The Hall–Kier alpha value is -1.95. The third-order valence-electron chi connectivity index (χ3n) is 2.87. The summed E-state index contributed by atoms with van der Waals surface area (Å²) in [6, 6.07) is 7.24. The molecule has 0 aliphatic rings. The van der Waals surface area contributed by atoms with Crippen LogP contribution in [0.1, 0.15) is 5.69 Å². The molecule has 2 aromatic rings. The number of ether oxygens (including phenoxy) is 4. The smallest absolute Gasteiger partial charge is 0.185 e. The number of benzene rings is 1. The molecule has 0 unspecified atom stereocenters. The molecule has 0 fully saturated rings. The van der Waals surface area contributed by atoms with Crippen LogP contribution in [0, 0.1) is 0 Å². The molecule has 1 heterocycles. The lowest BCUT2D eigenvalue weighted by atomic mass is 10.3. The van der Waals surface area contributed by atoms with Gasteiger partial charge in [0.15, 0.2) is 11.5 Å². The van der Waals surface area contributed by atoms with E-state index in [0.29, 0.717) is 22.9 Å². The van der Waals surface area contributed by atoms with E-state index in [2.05, 4.69) is 20.9 Å². The summed E-state index contributed by atoms with van der Waals surface area (Å²) in [4.78, 5) is 4.27. The summed E-state index contributed by atoms with van der Waals surface area (Å²) in [5, 5.41) is 0. The van der Waals surface area contributed by atoms with Crippen LogP contribution in [-0.4, -0.2) is 26.3 Å².